The normalized spacial score (nSPS) is 21.3. The van der Waals surface area contributed by atoms with E-state index in [0.717, 1.165) is 89.2 Å². The zero-order valence-electron chi connectivity index (χ0n) is 40.4. The third-order valence-electron chi connectivity index (χ3n) is 11.4. The van der Waals surface area contributed by atoms with Crippen molar-refractivity contribution in [1.82, 2.24) is 0 Å². The maximum absolute atomic E-state index is 13.1. The molecule has 0 spiro atoms. The van der Waals surface area contributed by atoms with Crippen molar-refractivity contribution in [1.29, 1.82) is 0 Å². The zero-order chi connectivity index (χ0) is 50.9. The summed E-state index contributed by atoms with van der Waals surface area (Å²) >= 11 is 1.45. The Balaban J connectivity index is 2.67. The number of phosphoric ester groups is 3. The van der Waals surface area contributed by atoms with Crippen molar-refractivity contribution in [2.45, 2.75) is 243 Å². The van der Waals surface area contributed by atoms with Gasteiger partial charge in [0.15, 0.2) is 5.12 Å². The molecule has 1 fully saturated rings. The van der Waals surface area contributed by atoms with E-state index < -0.39 is 91.2 Å². The molecule has 8 atom stereocenters. The quantitative estimate of drug-likeness (QED) is 0.0161. The lowest BCUT2D eigenvalue weighted by atomic mass is 9.85. The van der Waals surface area contributed by atoms with E-state index in [9.17, 15) is 67.9 Å². The van der Waals surface area contributed by atoms with Crippen molar-refractivity contribution >= 4 is 52.3 Å². The van der Waals surface area contributed by atoms with E-state index in [1.54, 1.807) is 0 Å². The van der Waals surface area contributed by atoms with Crippen molar-refractivity contribution in [3.05, 3.63) is 0 Å². The second-order valence-corrected chi connectivity index (χ2v) is 22.6. The van der Waals surface area contributed by atoms with Crippen molar-refractivity contribution in [2.24, 2.45) is 0 Å². The lowest BCUT2D eigenvalue weighted by Crippen LogP contribution is -2.65. The monoisotopic (exact) mass is 1060 g/mol. The van der Waals surface area contributed by atoms with Gasteiger partial charge in [-0.1, -0.05) is 167 Å². The molecule has 0 aromatic heterocycles. The van der Waals surface area contributed by atoms with Gasteiger partial charge >= 0.3 is 35.4 Å². The van der Waals surface area contributed by atoms with E-state index in [-0.39, 0.29) is 18.1 Å². The van der Waals surface area contributed by atoms with Gasteiger partial charge in [0.2, 0.25) is 0 Å². The van der Waals surface area contributed by atoms with E-state index in [1.807, 2.05) is 6.92 Å². The Bertz CT molecular complexity index is 1500. The molecule has 4 unspecified atom stereocenters. The van der Waals surface area contributed by atoms with Crippen LogP contribution in [0.2, 0.25) is 0 Å². The summed E-state index contributed by atoms with van der Waals surface area (Å²) in [6, 6.07) is 0. The number of hydrogen-bond acceptors (Lipinski definition) is 16. The Kier molecular flexibility index (Phi) is 36.3. The number of carbonyl (C=O) groups is 3. The van der Waals surface area contributed by atoms with Gasteiger partial charge in [0.1, 0.15) is 42.7 Å². The number of esters is 2. The van der Waals surface area contributed by atoms with Gasteiger partial charge in [-0.05, 0) is 25.7 Å². The van der Waals surface area contributed by atoms with Crippen LogP contribution in [0.4, 0.5) is 0 Å². The minimum Gasteiger partial charge on any atom is -0.466 e. The third kappa shape index (κ3) is 33.8. The first-order chi connectivity index (χ1) is 32.2. The van der Waals surface area contributed by atoms with Crippen molar-refractivity contribution in [3.63, 3.8) is 0 Å². The molecule has 1 aliphatic carbocycles. The minimum absolute atomic E-state index is 0.0175. The molecule has 8 N–H and O–H groups in total. The molecule has 0 aromatic rings. The van der Waals surface area contributed by atoms with Gasteiger partial charge in [-0.3, -0.25) is 32.5 Å². The van der Waals surface area contributed by atoms with Crippen LogP contribution in [0.25, 0.3) is 0 Å². The van der Waals surface area contributed by atoms with Gasteiger partial charge < -0.3 is 49.3 Å². The predicted octanol–water partition coefficient (Wildman–Crippen LogP) is 8.61. The van der Waals surface area contributed by atoms with Crippen LogP contribution in [-0.2, 0) is 55.6 Å². The van der Waals surface area contributed by atoms with Crippen molar-refractivity contribution in [3.8, 4) is 0 Å². The molecule has 0 amide bonds. The van der Waals surface area contributed by atoms with E-state index in [4.69, 9.17) is 18.5 Å². The first-order valence-electron chi connectivity index (χ1n) is 24.9. The smallest absolute Gasteiger partial charge is 0.466 e. The Morgan fingerprint density at radius 3 is 1.40 bits per heavy atom. The Morgan fingerprint density at radius 2 is 0.926 bits per heavy atom. The van der Waals surface area contributed by atoms with Crippen LogP contribution in [0, 0.1) is 0 Å². The van der Waals surface area contributed by atoms with Crippen LogP contribution in [0.15, 0.2) is 0 Å². The number of hydrogen-bond donors (Lipinski definition) is 8. The molecule has 1 rings (SSSR count). The van der Waals surface area contributed by atoms with Crippen molar-refractivity contribution in [2.75, 3.05) is 19.0 Å². The fourth-order valence-corrected chi connectivity index (χ4v) is 10.8. The summed E-state index contributed by atoms with van der Waals surface area (Å²) < 4.78 is 65.5. The van der Waals surface area contributed by atoms with Gasteiger partial charge in [0.05, 0.1) is 19.6 Å². The van der Waals surface area contributed by atoms with E-state index in [0.29, 0.717) is 19.3 Å². The fourth-order valence-electron chi connectivity index (χ4n) is 7.75. The Labute approximate surface area is 408 Å². The maximum atomic E-state index is 13.1. The van der Waals surface area contributed by atoms with Crippen LogP contribution >= 0.6 is 35.2 Å². The number of aliphatic hydroxyl groups is 3. The summed E-state index contributed by atoms with van der Waals surface area (Å²) in [5, 5.41) is 32.2. The third-order valence-corrected chi connectivity index (χ3v) is 14.5. The Hall–Kier alpha value is -0.830. The summed E-state index contributed by atoms with van der Waals surface area (Å²) in [5.41, 5.74) is 0. The van der Waals surface area contributed by atoms with Crippen LogP contribution in [0.1, 0.15) is 200 Å². The summed E-state index contributed by atoms with van der Waals surface area (Å²) in [6.45, 7) is 3.35. The fraction of sp³-hybridized carbons (Fsp3) is 0.932. The minimum atomic E-state index is -5.61. The van der Waals surface area contributed by atoms with Crippen LogP contribution in [-0.4, -0.2) is 119 Å². The first kappa shape index (κ1) is 65.2. The molecule has 0 bridgehead atoms. The highest BCUT2D eigenvalue weighted by Crippen LogP contribution is 2.51. The molecule has 68 heavy (non-hydrogen) atoms. The number of aliphatic hydroxyl groups excluding tert-OH is 3. The van der Waals surface area contributed by atoms with Gasteiger partial charge in [-0.2, -0.15) is 0 Å². The SMILES string of the molecule is CCCCCCCCCCCCCCCC(=O)O[C@@H](COP(=O)(O)OC1C(O)[C@H](O)C(OP(=O)(O)O)[C@H](OP(=O)(O)O)[C@@H]1O)CC(=O)OCCCCCCCCCCCCCCSC(=O)CCC. The van der Waals surface area contributed by atoms with Gasteiger partial charge in [0, 0.05) is 18.6 Å². The summed E-state index contributed by atoms with van der Waals surface area (Å²) in [6.07, 6.45) is 11.3. The first-order valence-corrected chi connectivity index (χ1v) is 30.4. The average molecular weight is 1060 g/mol. The van der Waals surface area contributed by atoms with E-state index >= 15 is 0 Å². The highest BCUT2D eigenvalue weighted by atomic mass is 32.2. The van der Waals surface area contributed by atoms with E-state index in [2.05, 4.69) is 16.0 Å². The number of ether oxygens (including phenoxy) is 2. The second kappa shape index (κ2) is 37.8. The summed E-state index contributed by atoms with van der Waals surface area (Å²) in [4.78, 5) is 85.0. The topological polar surface area (TPSA) is 320 Å². The number of phosphoric acid groups is 3. The number of carbonyl (C=O) groups excluding carboxylic acids is 3. The molecule has 24 heteroatoms. The van der Waals surface area contributed by atoms with Gasteiger partial charge in [-0.25, -0.2) is 13.7 Å². The highest BCUT2D eigenvalue weighted by molar-refractivity contribution is 8.13. The molecule has 0 aromatic carbocycles. The second-order valence-electron chi connectivity index (χ2n) is 17.7. The molecule has 1 aliphatic rings. The molecule has 0 aliphatic heterocycles. The molecular weight excluding hydrogens is 973 g/mol. The van der Waals surface area contributed by atoms with Crippen LogP contribution in [0.5, 0.6) is 0 Å². The standard InChI is InChI=1S/C44H85O20P3S/c1-3-5-6-7-8-9-10-11-14-17-20-23-26-30-36(45)61-35(33-37(46)59-31-27-24-21-18-15-12-13-16-19-22-25-28-32-68-38(47)29-4-2)34-60-67(57,58)64-42-39(48)40(49)43(62-65(51,52)53)44(41(42)50)63-66(54,55)56/h35,39-44,48-50H,3-34H2,1-2H3,(H,57,58)(H2,51,52,53)(H2,54,55,56)/t35-,39?,40+,41-,42?,43?,44-/m1/s1. The molecular formula is C44H85O20P3S. The predicted molar refractivity (Wildman–Crippen MR) is 256 cm³/mol. The molecule has 20 nitrogen and oxygen atoms in total. The molecule has 0 heterocycles. The van der Waals surface area contributed by atoms with E-state index in [1.165, 1.54) is 82.4 Å². The van der Waals surface area contributed by atoms with Crippen molar-refractivity contribution < 1.29 is 95.4 Å². The largest absolute Gasteiger partial charge is 0.472 e. The maximum Gasteiger partial charge on any atom is 0.472 e. The molecule has 1 saturated carbocycles. The van der Waals surface area contributed by atoms with Gasteiger partial charge in [-0.15, -0.1) is 0 Å². The number of rotatable bonds is 43. The zero-order valence-corrected chi connectivity index (χ0v) is 43.9. The van der Waals surface area contributed by atoms with Gasteiger partial charge in [0.25, 0.3) is 0 Å². The molecule has 0 radical (unpaired) electrons. The van der Waals surface area contributed by atoms with Crippen LogP contribution < -0.4 is 0 Å². The molecule has 402 valence electrons. The summed E-state index contributed by atoms with van der Waals surface area (Å²) in [7, 11) is -16.6. The lowest BCUT2D eigenvalue weighted by Gasteiger charge is -2.44. The Morgan fingerprint density at radius 1 is 0.500 bits per heavy atom. The number of unbranched alkanes of at least 4 members (excludes halogenated alkanes) is 23. The summed E-state index contributed by atoms with van der Waals surface area (Å²) in [5.74, 6) is -0.604. The highest BCUT2D eigenvalue weighted by Gasteiger charge is 2.56. The lowest BCUT2D eigenvalue weighted by molar-refractivity contribution is -0.213. The molecule has 0 saturated heterocycles. The number of thioether (sulfide) groups is 1. The van der Waals surface area contributed by atoms with Crippen LogP contribution in [0.3, 0.4) is 0 Å². The average Bonchev–Trinajstić information content (AvgIpc) is 3.25.